The lowest BCUT2D eigenvalue weighted by Crippen LogP contribution is -2.56. The average Bonchev–Trinajstić information content (AvgIpc) is 2.93. The number of piperidine rings is 1. The maximum absolute atomic E-state index is 13.0. The number of nitrogens with one attached hydrogen (secondary N) is 1. The van der Waals surface area contributed by atoms with Crippen molar-refractivity contribution in [3.8, 4) is 11.1 Å². The number of halogens is 1. The molecule has 29 heavy (non-hydrogen) atoms. The van der Waals surface area contributed by atoms with Gasteiger partial charge in [-0.1, -0.05) is 29.8 Å². The third-order valence-corrected chi connectivity index (χ3v) is 6.76. The van der Waals surface area contributed by atoms with E-state index in [2.05, 4.69) is 24.4 Å². The minimum absolute atomic E-state index is 0.0997. The first-order chi connectivity index (χ1) is 13.8. The summed E-state index contributed by atoms with van der Waals surface area (Å²) in [6.45, 7) is 5.44. The summed E-state index contributed by atoms with van der Waals surface area (Å²) in [7, 11) is 1.65. The van der Waals surface area contributed by atoms with E-state index in [4.69, 9.17) is 16.4 Å². The summed E-state index contributed by atoms with van der Waals surface area (Å²) in [5.41, 5.74) is 4.54. The van der Waals surface area contributed by atoms with Gasteiger partial charge < -0.3 is 15.3 Å². The third-order valence-electron chi connectivity index (χ3n) is 6.51. The minimum atomic E-state index is -0.770. The summed E-state index contributed by atoms with van der Waals surface area (Å²) >= 11 is 6.04. The molecule has 2 aromatic rings. The van der Waals surface area contributed by atoms with Gasteiger partial charge in [-0.2, -0.15) is 5.06 Å². The molecule has 2 saturated heterocycles. The van der Waals surface area contributed by atoms with Crippen molar-refractivity contribution in [3.63, 3.8) is 0 Å². The van der Waals surface area contributed by atoms with E-state index >= 15 is 0 Å². The molecule has 2 aliphatic rings. The number of amides is 1. The molecule has 1 amide bonds. The van der Waals surface area contributed by atoms with Gasteiger partial charge >= 0.3 is 0 Å². The molecule has 2 aliphatic heterocycles. The van der Waals surface area contributed by atoms with Crippen LogP contribution in [0.4, 0.5) is 0 Å². The molecule has 0 saturated carbocycles. The number of aliphatic hydroxyl groups excluding tert-OH is 1. The number of hydrogen-bond donors (Lipinski definition) is 2. The van der Waals surface area contributed by atoms with Crippen molar-refractivity contribution in [1.29, 1.82) is 0 Å². The number of nitrogens with zero attached hydrogens (tertiary/aromatic N) is 1. The molecule has 2 unspecified atom stereocenters. The predicted octanol–water partition coefficient (Wildman–Crippen LogP) is 3.59. The number of hydroxylamine groups is 2. The van der Waals surface area contributed by atoms with E-state index in [1.807, 2.05) is 36.3 Å². The standard InChI is InChI=1S/C23H27ClN2O3/c1-14-12-15(2)19(13-18(14)16-4-6-17(24)7-5-16)20-21(27)23(25-22(20)28)8-10-26(29-3)11-9-23/h4-7,12-13,20-21,27H,8-11H2,1-3H3,(H,25,28). The number of hydrogen-bond acceptors (Lipinski definition) is 4. The van der Waals surface area contributed by atoms with Gasteiger partial charge in [0, 0.05) is 18.1 Å². The molecule has 5 nitrogen and oxygen atoms in total. The van der Waals surface area contributed by atoms with Crippen molar-refractivity contribution in [3.05, 3.63) is 58.1 Å². The second kappa shape index (κ2) is 7.73. The largest absolute Gasteiger partial charge is 0.389 e. The fourth-order valence-corrected chi connectivity index (χ4v) is 4.93. The molecule has 2 N–H and O–H groups in total. The van der Waals surface area contributed by atoms with E-state index in [1.54, 1.807) is 7.11 Å². The van der Waals surface area contributed by atoms with Crippen molar-refractivity contribution in [1.82, 2.24) is 10.4 Å². The fraction of sp³-hybridized carbons (Fsp3) is 0.435. The van der Waals surface area contributed by atoms with Gasteiger partial charge in [0.1, 0.15) is 0 Å². The van der Waals surface area contributed by atoms with Gasteiger partial charge in [-0.05, 0) is 72.7 Å². The topological polar surface area (TPSA) is 61.8 Å². The molecule has 6 heteroatoms. The summed E-state index contributed by atoms with van der Waals surface area (Å²) in [5.74, 6) is -0.673. The monoisotopic (exact) mass is 414 g/mol. The van der Waals surface area contributed by atoms with E-state index in [0.29, 0.717) is 31.0 Å². The van der Waals surface area contributed by atoms with E-state index < -0.39 is 17.6 Å². The number of aryl methyl sites for hydroxylation is 2. The summed E-state index contributed by atoms with van der Waals surface area (Å²) in [6.07, 6.45) is 0.562. The van der Waals surface area contributed by atoms with Crippen LogP contribution in [0.1, 0.15) is 35.4 Å². The first kappa shape index (κ1) is 20.4. The zero-order chi connectivity index (χ0) is 20.8. The molecule has 1 spiro atoms. The number of benzene rings is 2. The Kier molecular flexibility index (Phi) is 5.42. The predicted molar refractivity (Wildman–Crippen MR) is 114 cm³/mol. The lowest BCUT2D eigenvalue weighted by Gasteiger charge is -2.40. The molecule has 0 radical (unpaired) electrons. The Morgan fingerprint density at radius 3 is 2.41 bits per heavy atom. The maximum Gasteiger partial charge on any atom is 0.230 e. The lowest BCUT2D eigenvalue weighted by molar-refractivity contribution is -0.158. The van der Waals surface area contributed by atoms with Crippen LogP contribution < -0.4 is 5.32 Å². The van der Waals surface area contributed by atoms with E-state index in [0.717, 1.165) is 27.8 Å². The first-order valence-electron chi connectivity index (χ1n) is 10.0. The Hall–Kier alpha value is -1.92. The molecule has 2 atom stereocenters. The highest BCUT2D eigenvalue weighted by atomic mass is 35.5. The molecular weight excluding hydrogens is 388 g/mol. The van der Waals surface area contributed by atoms with Gasteiger partial charge in [-0.25, -0.2) is 0 Å². The molecule has 0 aromatic heterocycles. The quantitative estimate of drug-likeness (QED) is 0.805. The van der Waals surface area contributed by atoms with Crippen LogP contribution in [0, 0.1) is 13.8 Å². The number of rotatable bonds is 3. The first-order valence-corrected chi connectivity index (χ1v) is 10.4. The smallest absolute Gasteiger partial charge is 0.230 e. The molecule has 4 rings (SSSR count). The summed E-state index contributed by atoms with van der Waals surface area (Å²) in [4.78, 5) is 18.3. The number of carbonyl (C=O) groups excluding carboxylic acids is 1. The van der Waals surface area contributed by atoms with Crippen LogP contribution in [0.2, 0.25) is 5.02 Å². The molecule has 0 bridgehead atoms. The Labute approximate surface area is 176 Å². The van der Waals surface area contributed by atoms with Gasteiger partial charge in [0.25, 0.3) is 0 Å². The van der Waals surface area contributed by atoms with Crippen molar-refractivity contribution in [2.75, 3.05) is 20.2 Å². The van der Waals surface area contributed by atoms with Gasteiger partial charge in [-0.15, -0.1) is 0 Å². The Morgan fingerprint density at radius 1 is 1.14 bits per heavy atom. The van der Waals surface area contributed by atoms with Crippen molar-refractivity contribution in [2.24, 2.45) is 0 Å². The van der Waals surface area contributed by atoms with Crippen molar-refractivity contribution < 1.29 is 14.7 Å². The van der Waals surface area contributed by atoms with Crippen LogP contribution in [0.3, 0.4) is 0 Å². The van der Waals surface area contributed by atoms with E-state index in [9.17, 15) is 9.90 Å². The zero-order valence-corrected chi connectivity index (χ0v) is 17.8. The lowest BCUT2D eigenvalue weighted by atomic mass is 9.78. The van der Waals surface area contributed by atoms with Crippen LogP contribution in [0.15, 0.2) is 36.4 Å². The van der Waals surface area contributed by atoms with Gasteiger partial charge in [0.2, 0.25) is 5.91 Å². The van der Waals surface area contributed by atoms with Gasteiger partial charge in [0.15, 0.2) is 0 Å². The number of carbonyl (C=O) groups is 1. The average molecular weight is 415 g/mol. The minimum Gasteiger partial charge on any atom is -0.389 e. The Bertz CT molecular complexity index is 920. The van der Waals surface area contributed by atoms with Crippen LogP contribution in [-0.2, 0) is 9.63 Å². The molecular formula is C23H27ClN2O3. The SMILES string of the molecule is CON1CCC2(CC1)NC(=O)C(c1cc(-c3ccc(Cl)cc3)c(C)cc1C)C2O. The van der Waals surface area contributed by atoms with Crippen LogP contribution in [-0.4, -0.2) is 47.9 Å². The summed E-state index contributed by atoms with van der Waals surface area (Å²) < 4.78 is 0. The molecule has 154 valence electrons. The molecule has 2 aromatic carbocycles. The van der Waals surface area contributed by atoms with E-state index in [-0.39, 0.29) is 5.91 Å². The molecule has 0 aliphatic carbocycles. The van der Waals surface area contributed by atoms with Crippen LogP contribution in [0.25, 0.3) is 11.1 Å². The van der Waals surface area contributed by atoms with Crippen molar-refractivity contribution in [2.45, 2.75) is 44.2 Å². The molecule has 2 heterocycles. The Morgan fingerprint density at radius 2 is 1.79 bits per heavy atom. The number of aliphatic hydroxyl groups is 1. The third kappa shape index (κ3) is 3.57. The fourth-order valence-electron chi connectivity index (χ4n) is 4.80. The second-order valence-corrected chi connectivity index (χ2v) is 8.65. The second-order valence-electron chi connectivity index (χ2n) is 8.21. The van der Waals surface area contributed by atoms with E-state index in [1.165, 1.54) is 0 Å². The molecule has 2 fully saturated rings. The maximum atomic E-state index is 13.0. The zero-order valence-electron chi connectivity index (χ0n) is 17.0. The van der Waals surface area contributed by atoms with Crippen LogP contribution >= 0.6 is 11.6 Å². The normalized spacial score (nSPS) is 24.1. The van der Waals surface area contributed by atoms with Gasteiger partial charge in [0.05, 0.1) is 24.7 Å². The highest BCUT2D eigenvalue weighted by molar-refractivity contribution is 6.30. The van der Waals surface area contributed by atoms with Crippen LogP contribution in [0.5, 0.6) is 0 Å². The summed E-state index contributed by atoms with van der Waals surface area (Å²) in [6, 6.07) is 11.9. The summed E-state index contributed by atoms with van der Waals surface area (Å²) in [5, 5.41) is 17.0. The van der Waals surface area contributed by atoms with Gasteiger partial charge in [-0.3, -0.25) is 4.79 Å². The Balaban J connectivity index is 1.70. The van der Waals surface area contributed by atoms with Crippen molar-refractivity contribution >= 4 is 17.5 Å². The highest BCUT2D eigenvalue weighted by Gasteiger charge is 2.54. The highest BCUT2D eigenvalue weighted by Crippen LogP contribution is 2.42.